The third-order valence-corrected chi connectivity index (χ3v) is 12.1. The molecule has 0 aromatic heterocycles. The molecule has 0 spiro atoms. The summed E-state index contributed by atoms with van der Waals surface area (Å²) in [5.41, 5.74) is 0. The number of ether oxygens (including phenoxy) is 2. The fraction of sp³-hybridized carbons (Fsp3) is 0.690. The van der Waals surface area contributed by atoms with Crippen molar-refractivity contribution in [1.29, 1.82) is 0 Å². The van der Waals surface area contributed by atoms with Crippen LogP contribution in [-0.2, 0) is 32.7 Å². The van der Waals surface area contributed by atoms with Crippen LogP contribution in [-0.4, -0.2) is 70.0 Å². The fourth-order valence-corrected chi connectivity index (χ4v) is 7.65. The van der Waals surface area contributed by atoms with Crippen LogP contribution < -0.4 is 4.89 Å². The molecule has 0 amide bonds. The van der Waals surface area contributed by atoms with Crippen molar-refractivity contribution in [2.75, 3.05) is 47.5 Å². The second-order valence-electron chi connectivity index (χ2n) is 18.9. The number of allylic oxidation sites excluding steroid dienone is 16. The van der Waals surface area contributed by atoms with Crippen LogP contribution >= 0.6 is 7.82 Å². The number of esters is 2. The van der Waals surface area contributed by atoms with Crippen LogP contribution in [0, 0.1) is 0 Å². The number of hydrogen-bond donors (Lipinski definition) is 0. The molecule has 2 unspecified atom stereocenters. The number of hydrogen-bond acceptors (Lipinski definition) is 8. The van der Waals surface area contributed by atoms with Gasteiger partial charge >= 0.3 is 11.9 Å². The van der Waals surface area contributed by atoms with Crippen LogP contribution in [0.25, 0.3) is 0 Å². The molecule has 0 aromatic carbocycles. The number of nitrogens with zero attached hydrogens (tertiary/aromatic N) is 1. The molecule has 0 rings (SSSR count). The summed E-state index contributed by atoms with van der Waals surface area (Å²) >= 11 is 0. The Morgan fingerprint density at radius 3 is 1.25 bits per heavy atom. The molecule has 9 nitrogen and oxygen atoms in total. The van der Waals surface area contributed by atoms with E-state index in [-0.39, 0.29) is 26.1 Å². The molecule has 0 aromatic rings. The number of unbranched alkanes of at least 4 members (excludes halogenated alkanes) is 18. The van der Waals surface area contributed by atoms with E-state index in [1.165, 1.54) is 64.2 Å². The zero-order chi connectivity index (χ0) is 49.9. The predicted octanol–water partition coefficient (Wildman–Crippen LogP) is 15.8. The van der Waals surface area contributed by atoms with Crippen molar-refractivity contribution in [2.24, 2.45) is 0 Å². The van der Waals surface area contributed by atoms with Crippen molar-refractivity contribution in [2.45, 2.75) is 213 Å². The summed E-state index contributed by atoms with van der Waals surface area (Å²) in [7, 11) is 1.14. The van der Waals surface area contributed by atoms with E-state index < -0.39 is 32.5 Å². The van der Waals surface area contributed by atoms with Crippen LogP contribution in [0.1, 0.15) is 206 Å². The zero-order valence-corrected chi connectivity index (χ0v) is 44.9. The average molecular weight is 970 g/mol. The highest BCUT2D eigenvalue weighted by molar-refractivity contribution is 7.45. The summed E-state index contributed by atoms with van der Waals surface area (Å²) in [6, 6.07) is 0. The SMILES string of the molecule is CC/C=C\C/C=C\C/C=C\C/C=C\C/C=C\C/C=C\CCCCCCCCCCCCC(=O)OC(COC(=O)CCCCCCC/C=C\C/C=C\CCCCC)COP(=O)([O-])OCC[N+](C)(C)C. The van der Waals surface area contributed by atoms with E-state index in [2.05, 4.69) is 111 Å². The lowest BCUT2D eigenvalue weighted by molar-refractivity contribution is -0.870. The Balaban J connectivity index is 4.22. The van der Waals surface area contributed by atoms with E-state index in [0.29, 0.717) is 23.9 Å². The smallest absolute Gasteiger partial charge is 0.306 e. The van der Waals surface area contributed by atoms with Crippen molar-refractivity contribution in [3.63, 3.8) is 0 Å². The molecule has 0 radical (unpaired) electrons. The minimum absolute atomic E-state index is 0.0387. The summed E-state index contributed by atoms with van der Waals surface area (Å²) in [5, 5.41) is 0. The monoisotopic (exact) mass is 970 g/mol. The van der Waals surface area contributed by atoms with E-state index in [4.69, 9.17) is 18.5 Å². The quantitative estimate of drug-likeness (QED) is 0.0195. The Bertz CT molecular complexity index is 1470. The number of likely N-dealkylation sites (N-methyl/N-ethyl adjacent to an activating group) is 1. The summed E-state index contributed by atoms with van der Waals surface area (Å²) < 4.78 is 34.0. The Hall–Kier alpha value is -3.07. The van der Waals surface area contributed by atoms with E-state index in [9.17, 15) is 19.0 Å². The van der Waals surface area contributed by atoms with Crippen LogP contribution in [0.5, 0.6) is 0 Å². The van der Waals surface area contributed by atoms with Gasteiger partial charge in [-0.1, -0.05) is 195 Å². The van der Waals surface area contributed by atoms with Crippen LogP contribution in [0.3, 0.4) is 0 Å². The van der Waals surface area contributed by atoms with Crippen molar-refractivity contribution >= 4 is 19.8 Å². The van der Waals surface area contributed by atoms with Gasteiger partial charge in [-0.05, 0) is 96.3 Å². The molecule has 0 bridgehead atoms. The lowest BCUT2D eigenvalue weighted by Gasteiger charge is -2.28. The second-order valence-corrected chi connectivity index (χ2v) is 20.3. The zero-order valence-electron chi connectivity index (χ0n) is 44.0. The molecule has 0 aliphatic carbocycles. The molecule has 2 atom stereocenters. The summed E-state index contributed by atoms with van der Waals surface area (Å²) in [5.74, 6) is -0.860. The summed E-state index contributed by atoms with van der Waals surface area (Å²) in [6.45, 7) is 4.06. The first kappa shape index (κ1) is 64.9. The first-order chi connectivity index (χ1) is 33.0. The van der Waals surface area contributed by atoms with E-state index >= 15 is 0 Å². The Morgan fingerprint density at radius 2 is 0.838 bits per heavy atom. The van der Waals surface area contributed by atoms with Crippen molar-refractivity contribution < 1.29 is 42.1 Å². The van der Waals surface area contributed by atoms with Crippen LogP contribution in [0.15, 0.2) is 97.2 Å². The standard InChI is InChI=1S/C58H100NO8P/c1-6-8-10-12-14-16-18-20-22-23-24-25-26-27-28-29-30-31-32-33-34-35-37-39-41-43-45-47-49-51-58(61)67-56(55-66-68(62,63)65-53-52-59(3,4)5)54-64-57(60)50-48-46-44-42-40-38-36-21-19-17-15-13-11-9-7-2/h8,10,14-17,20-22,24-25,27-28,30-31,36,56H,6-7,9,11-13,18-19,23,26,29,32-35,37-55H2,1-5H3/b10-8-,16-14-,17-15-,22-20-,25-24-,28-27-,31-30-,36-21-. The minimum Gasteiger partial charge on any atom is -0.756 e. The topological polar surface area (TPSA) is 111 Å². The minimum atomic E-state index is -4.64. The number of phosphoric ester groups is 1. The molecule has 0 aliphatic heterocycles. The average Bonchev–Trinajstić information content (AvgIpc) is 3.30. The van der Waals surface area contributed by atoms with Gasteiger partial charge < -0.3 is 27.9 Å². The maximum absolute atomic E-state index is 12.8. The van der Waals surface area contributed by atoms with E-state index in [1.807, 2.05) is 21.1 Å². The maximum atomic E-state index is 12.8. The highest BCUT2D eigenvalue weighted by atomic mass is 31.2. The fourth-order valence-electron chi connectivity index (χ4n) is 6.92. The molecule has 0 saturated heterocycles. The molecule has 10 heteroatoms. The van der Waals surface area contributed by atoms with Gasteiger partial charge in [-0.25, -0.2) is 0 Å². The van der Waals surface area contributed by atoms with E-state index in [1.54, 1.807) is 0 Å². The lowest BCUT2D eigenvalue weighted by atomic mass is 10.0. The van der Waals surface area contributed by atoms with Crippen molar-refractivity contribution in [1.82, 2.24) is 0 Å². The molecule has 68 heavy (non-hydrogen) atoms. The van der Waals surface area contributed by atoms with Gasteiger partial charge in [-0.2, -0.15) is 0 Å². The Kier molecular flexibility index (Phi) is 46.7. The third kappa shape index (κ3) is 52.3. The first-order valence-corrected chi connectivity index (χ1v) is 28.4. The number of quaternary nitrogens is 1. The highest BCUT2D eigenvalue weighted by Crippen LogP contribution is 2.38. The highest BCUT2D eigenvalue weighted by Gasteiger charge is 2.21. The largest absolute Gasteiger partial charge is 0.756 e. The van der Waals surface area contributed by atoms with Gasteiger partial charge in [0.05, 0.1) is 27.7 Å². The Labute approximate surface area is 417 Å². The summed E-state index contributed by atoms with van der Waals surface area (Å²) in [6.07, 6.45) is 65.8. The third-order valence-electron chi connectivity index (χ3n) is 11.1. The lowest BCUT2D eigenvalue weighted by Crippen LogP contribution is -2.37. The van der Waals surface area contributed by atoms with Gasteiger partial charge in [0.1, 0.15) is 19.8 Å². The summed E-state index contributed by atoms with van der Waals surface area (Å²) in [4.78, 5) is 37.7. The maximum Gasteiger partial charge on any atom is 0.306 e. The molecule has 0 saturated carbocycles. The number of carbonyl (C=O) groups excluding carboxylic acids is 2. The molecule has 390 valence electrons. The Morgan fingerprint density at radius 1 is 0.471 bits per heavy atom. The molecular formula is C58H100NO8P. The van der Waals surface area contributed by atoms with Crippen molar-refractivity contribution in [3.05, 3.63) is 97.2 Å². The number of carbonyl (C=O) groups is 2. The first-order valence-electron chi connectivity index (χ1n) is 26.9. The molecule has 0 aliphatic rings. The predicted molar refractivity (Wildman–Crippen MR) is 286 cm³/mol. The van der Waals surface area contributed by atoms with Gasteiger partial charge in [0.25, 0.3) is 7.82 Å². The normalized spacial score (nSPS) is 14.1. The molecular weight excluding hydrogens is 870 g/mol. The van der Waals surface area contributed by atoms with Crippen LogP contribution in [0.2, 0.25) is 0 Å². The molecule has 0 fully saturated rings. The second kappa shape index (κ2) is 48.9. The molecule has 0 heterocycles. The van der Waals surface area contributed by atoms with Gasteiger partial charge in [0.15, 0.2) is 6.10 Å². The van der Waals surface area contributed by atoms with Crippen molar-refractivity contribution in [3.8, 4) is 0 Å². The number of phosphoric acid groups is 1. The molecule has 0 N–H and O–H groups in total. The van der Waals surface area contributed by atoms with Gasteiger partial charge in [-0.15, -0.1) is 0 Å². The van der Waals surface area contributed by atoms with Crippen LogP contribution in [0.4, 0.5) is 0 Å². The van der Waals surface area contributed by atoms with E-state index in [0.717, 1.165) is 103 Å². The number of rotatable bonds is 48. The van der Waals surface area contributed by atoms with Gasteiger partial charge in [-0.3, -0.25) is 14.2 Å². The van der Waals surface area contributed by atoms with Gasteiger partial charge in [0.2, 0.25) is 0 Å². The van der Waals surface area contributed by atoms with Gasteiger partial charge in [0, 0.05) is 12.8 Å².